The lowest BCUT2D eigenvalue weighted by molar-refractivity contribution is 0.0686. The van der Waals surface area contributed by atoms with Crippen LogP contribution in [-0.2, 0) is 10.0 Å². The summed E-state index contributed by atoms with van der Waals surface area (Å²) in [4.78, 5) is 11.0. The Kier molecular flexibility index (Phi) is 4.12. The van der Waals surface area contributed by atoms with Crippen molar-refractivity contribution >= 4 is 16.0 Å². The Balaban J connectivity index is 2.39. The van der Waals surface area contributed by atoms with Crippen molar-refractivity contribution in [3.63, 3.8) is 0 Å². The lowest BCUT2D eigenvalue weighted by Gasteiger charge is -2.23. The zero-order valence-electron chi connectivity index (χ0n) is 12.5. The van der Waals surface area contributed by atoms with Crippen LogP contribution < -0.4 is 0 Å². The SMILES string of the molecule is Cc1[nH]nc(C(=O)O)c1S(=O)(=O)N1CCCC(C)(C)CC1. The van der Waals surface area contributed by atoms with E-state index in [0.29, 0.717) is 13.1 Å². The van der Waals surface area contributed by atoms with Gasteiger partial charge < -0.3 is 5.11 Å². The van der Waals surface area contributed by atoms with Crippen LogP contribution in [0.3, 0.4) is 0 Å². The molecule has 2 heterocycles. The highest BCUT2D eigenvalue weighted by atomic mass is 32.2. The molecule has 1 aromatic heterocycles. The van der Waals surface area contributed by atoms with Crippen molar-refractivity contribution in [1.82, 2.24) is 14.5 Å². The van der Waals surface area contributed by atoms with E-state index in [-0.39, 0.29) is 16.0 Å². The highest BCUT2D eigenvalue weighted by Crippen LogP contribution is 2.32. The minimum absolute atomic E-state index is 0.103. The number of aromatic nitrogens is 2. The number of hydrogen-bond donors (Lipinski definition) is 2. The van der Waals surface area contributed by atoms with E-state index in [4.69, 9.17) is 5.11 Å². The number of aromatic amines is 1. The molecular weight excluding hydrogens is 294 g/mol. The van der Waals surface area contributed by atoms with E-state index in [9.17, 15) is 13.2 Å². The Bertz CT molecular complexity index is 648. The van der Waals surface area contributed by atoms with Gasteiger partial charge in [-0.2, -0.15) is 9.40 Å². The van der Waals surface area contributed by atoms with E-state index >= 15 is 0 Å². The molecule has 7 nitrogen and oxygen atoms in total. The number of carbonyl (C=O) groups is 1. The zero-order chi connectivity index (χ0) is 15.8. The van der Waals surface area contributed by atoms with E-state index in [1.54, 1.807) is 0 Å². The van der Waals surface area contributed by atoms with Crippen molar-refractivity contribution in [3.8, 4) is 0 Å². The predicted molar refractivity (Wildman–Crippen MR) is 76.7 cm³/mol. The average Bonchev–Trinajstić information content (AvgIpc) is 2.65. The van der Waals surface area contributed by atoms with Crippen LogP contribution in [0.1, 0.15) is 49.3 Å². The van der Waals surface area contributed by atoms with Crippen molar-refractivity contribution in [2.45, 2.75) is 44.9 Å². The second-order valence-corrected chi connectivity index (χ2v) is 8.13. The Morgan fingerprint density at radius 1 is 1.33 bits per heavy atom. The summed E-state index contributed by atoms with van der Waals surface area (Å²) in [5.41, 5.74) is -0.0716. The minimum Gasteiger partial charge on any atom is -0.476 e. The quantitative estimate of drug-likeness (QED) is 0.882. The van der Waals surface area contributed by atoms with Gasteiger partial charge in [-0.1, -0.05) is 13.8 Å². The van der Waals surface area contributed by atoms with Gasteiger partial charge in [0.15, 0.2) is 5.69 Å². The number of sulfonamides is 1. The number of carboxylic acids is 1. The highest BCUT2D eigenvalue weighted by molar-refractivity contribution is 7.89. The van der Waals surface area contributed by atoms with Crippen LogP contribution in [0.4, 0.5) is 0 Å². The number of hydrogen-bond acceptors (Lipinski definition) is 4. The molecule has 0 atom stereocenters. The van der Waals surface area contributed by atoms with Gasteiger partial charge in [0.1, 0.15) is 4.90 Å². The summed E-state index contributed by atoms with van der Waals surface area (Å²) in [6.07, 6.45) is 2.48. The lowest BCUT2D eigenvalue weighted by atomic mass is 9.85. The molecule has 0 spiro atoms. The molecule has 1 aliphatic heterocycles. The summed E-state index contributed by atoms with van der Waals surface area (Å²) in [7, 11) is -3.84. The smallest absolute Gasteiger partial charge is 0.357 e. The van der Waals surface area contributed by atoms with Gasteiger partial charge in [0.05, 0.1) is 5.69 Å². The second kappa shape index (κ2) is 5.42. The molecule has 0 amide bonds. The van der Waals surface area contributed by atoms with Crippen LogP contribution in [0.5, 0.6) is 0 Å². The van der Waals surface area contributed by atoms with Gasteiger partial charge in [0, 0.05) is 13.1 Å². The van der Waals surface area contributed by atoms with Crippen molar-refractivity contribution < 1.29 is 18.3 Å². The summed E-state index contributed by atoms with van der Waals surface area (Å²) in [6, 6.07) is 0. The molecule has 1 fully saturated rings. The van der Waals surface area contributed by atoms with Gasteiger partial charge in [-0.25, -0.2) is 13.2 Å². The van der Waals surface area contributed by atoms with Crippen LogP contribution in [-0.4, -0.2) is 47.1 Å². The number of aromatic carboxylic acids is 1. The molecule has 21 heavy (non-hydrogen) atoms. The number of aryl methyl sites for hydroxylation is 1. The number of nitrogens with one attached hydrogen (secondary N) is 1. The largest absolute Gasteiger partial charge is 0.476 e. The standard InChI is InChI=1S/C13H21N3O4S/c1-9-11(10(12(17)18)15-14-9)21(19,20)16-7-4-5-13(2,3)6-8-16/h4-8H2,1-3H3,(H,14,15)(H,17,18). The van der Waals surface area contributed by atoms with Crippen molar-refractivity contribution in [2.75, 3.05) is 13.1 Å². The normalized spacial score (nSPS) is 20.1. The first-order valence-corrected chi connectivity index (χ1v) is 8.37. The Labute approximate surface area is 124 Å². The van der Waals surface area contributed by atoms with E-state index < -0.39 is 21.7 Å². The third kappa shape index (κ3) is 3.11. The van der Waals surface area contributed by atoms with Crippen LogP contribution in [0.15, 0.2) is 4.90 Å². The molecule has 0 unspecified atom stereocenters. The summed E-state index contributed by atoms with van der Waals surface area (Å²) in [6.45, 7) is 6.58. The number of nitrogens with zero attached hydrogens (tertiary/aromatic N) is 2. The Hall–Kier alpha value is -1.41. The maximum Gasteiger partial charge on any atom is 0.357 e. The molecule has 1 aromatic rings. The maximum atomic E-state index is 12.8. The molecule has 2 N–H and O–H groups in total. The fraction of sp³-hybridized carbons (Fsp3) is 0.692. The average molecular weight is 315 g/mol. The van der Waals surface area contributed by atoms with Crippen LogP contribution in [0.25, 0.3) is 0 Å². The minimum atomic E-state index is -3.84. The van der Waals surface area contributed by atoms with Gasteiger partial charge in [-0.3, -0.25) is 5.10 Å². The summed E-state index contributed by atoms with van der Waals surface area (Å²) >= 11 is 0. The zero-order valence-corrected chi connectivity index (χ0v) is 13.3. The fourth-order valence-corrected chi connectivity index (χ4v) is 4.42. The maximum absolute atomic E-state index is 12.8. The fourth-order valence-electron chi connectivity index (χ4n) is 2.65. The van der Waals surface area contributed by atoms with Crippen LogP contribution in [0.2, 0.25) is 0 Å². The highest BCUT2D eigenvalue weighted by Gasteiger charge is 2.35. The van der Waals surface area contributed by atoms with Gasteiger partial charge in [0.25, 0.3) is 0 Å². The molecule has 0 bridgehead atoms. The van der Waals surface area contributed by atoms with Crippen LogP contribution >= 0.6 is 0 Å². The molecule has 0 aliphatic carbocycles. The number of rotatable bonds is 3. The molecule has 0 saturated carbocycles. The van der Waals surface area contributed by atoms with E-state index in [1.807, 2.05) is 0 Å². The summed E-state index contributed by atoms with van der Waals surface area (Å²) in [5.74, 6) is -1.34. The van der Waals surface area contributed by atoms with Gasteiger partial charge in [-0.15, -0.1) is 0 Å². The third-order valence-electron chi connectivity index (χ3n) is 3.99. The summed E-state index contributed by atoms with van der Waals surface area (Å²) in [5, 5.41) is 15.2. The number of H-pyrrole nitrogens is 1. The second-order valence-electron chi connectivity index (χ2n) is 6.25. The van der Waals surface area contributed by atoms with Gasteiger partial charge in [0.2, 0.25) is 10.0 Å². The summed E-state index contributed by atoms with van der Waals surface area (Å²) < 4.78 is 26.9. The Morgan fingerprint density at radius 2 is 2.00 bits per heavy atom. The first-order valence-electron chi connectivity index (χ1n) is 6.93. The molecule has 1 saturated heterocycles. The molecule has 0 radical (unpaired) electrons. The molecular formula is C13H21N3O4S. The van der Waals surface area contributed by atoms with Crippen LogP contribution in [0, 0.1) is 12.3 Å². The lowest BCUT2D eigenvalue weighted by Crippen LogP contribution is -2.33. The van der Waals surface area contributed by atoms with E-state index in [0.717, 1.165) is 19.3 Å². The van der Waals surface area contributed by atoms with E-state index in [1.165, 1.54) is 11.2 Å². The first kappa shape index (κ1) is 16.0. The molecule has 2 rings (SSSR count). The van der Waals surface area contributed by atoms with Gasteiger partial charge >= 0.3 is 5.97 Å². The number of carboxylic acid groups (broad SMARTS) is 1. The van der Waals surface area contributed by atoms with Gasteiger partial charge in [-0.05, 0) is 31.6 Å². The molecule has 1 aliphatic rings. The Morgan fingerprint density at radius 3 is 2.62 bits per heavy atom. The molecule has 0 aromatic carbocycles. The molecule has 8 heteroatoms. The van der Waals surface area contributed by atoms with Crippen molar-refractivity contribution in [1.29, 1.82) is 0 Å². The van der Waals surface area contributed by atoms with Crippen molar-refractivity contribution in [3.05, 3.63) is 11.4 Å². The first-order chi connectivity index (χ1) is 9.65. The molecule has 118 valence electrons. The predicted octanol–water partition coefficient (Wildman–Crippen LogP) is 1.62. The van der Waals surface area contributed by atoms with Crippen molar-refractivity contribution in [2.24, 2.45) is 5.41 Å². The third-order valence-corrected chi connectivity index (χ3v) is 6.05. The topological polar surface area (TPSA) is 103 Å². The van der Waals surface area contributed by atoms with E-state index in [2.05, 4.69) is 24.0 Å². The monoisotopic (exact) mass is 315 g/mol.